The fourth-order valence-corrected chi connectivity index (χ4v) is 8.01. The molecular formula is C27H42O. The molecule has 156 valence electrons. The SMILES string of the molecule is CC(C)=CC/C=C(\C)[C@H]1CC[C@H]2[C@@H]3CC=C4C[C@@H](O)CC[C@]4(C)[C@H]3CC[C@]12C. The fraction of sp³-hybridized carbons (Fsp3) is 0.778. The predicted molar refractivity (Wildman–Crippen MR) is 119 cm³/mol. The van der Waals surface area contributed by atoms with Crippen molar-refractivity contribution in [1.29, 1.82) is 0 Å². The zero-order chi connectivity index (χ0) is 20.1. The van der Waals surface area contributed by atoms with E-state index in [1.165, 1.54) is 44.1 Å². The summed E-state index contributed by atoms with van der Waals surface area (Å²) in [7, 11) is 0. The van der Waals surface area contributed by atoms with E-state index >= 15 is 0 Å². The highest BCUT2D eigenvalue weighted by molar-refractivity contribution is 5.26. The van der Waals surface area contributed by atoms with Crippen LogP contribution in [0.2, 0.25) is 0 Å². The minimum atomic E-state index is -0.0887. The Labute approximate surface area is 173 Å². The summed E-state index contributed by atoms with van der Waals surface area (Å²) in [6.07, 6.45) is 18.5. The predicted octanol–water partition coefficient (Wildman–Crippen LogP) is 7.23. The van der Waals surface area contributed by atoms with Crippen molar-refractivity contribution < 1.29 is 5.11 Å². The summed E-state index contributed by atoms with van der Waals surface area (Å²) in [6, 6.07) is 0. The van der Waals surface area contributed by atoms with Gasteiger partial charge in [0, 0.05) is 0 Å². The van der Waals surface area contributed by atoms with Gasteiger partial charge in [0.25, 0.3) is 0 Å². The lowest BCUT2D eigenvalue weighted by atomic mass is 9.47. The van der Waals surface area contributed by atoms with Gasteiger partial charge in [-0.2, -0.15) is 0 Å². The van der Waals surface area contributed by atoms with E-state index in [0.29, 0.717) is 10.8 Å². The van der Waals surface area contributed by atoms with Crippen molar-refractivity contribution in [2.45, 2.75) is 98.5 Å². The summed E-state index contributed by atoms with van der Waals surface area (Å²) in [5.74, 6) is 3.41. The minimum Gasteiger partial charge on any atom is -0.393 e. The molecule has 4 rings (SSSR count). The van der Waals surface area contributed by atoms with E-state index in [1.54, 1.807) is 11.1 Å². The maximum absolute atomic E-state index is 10.2. The van der Waals surface area contributed by atoms with Gasteiger partial charge in [-0.15, -0.1) is 0 Å². The smallest absolute Gasteiger partial charge is 0.0577 e. The van der Waals surface area contributed by atoms with E-state index in [4.69, 9.17) is 0 Å². The van der Waals surface area contributed by atoms with Crippen LogP contribution < -0.4 is 0 Å². The van der Waals surface area contributed by atoms with Crippen LogP contribution in [-0.4, -0.2) is 11.2 Å². The monoisotopic (exact) mass is 382 g/mol. The number of hydrogen-bond donors (Lipinski definition) is 1. The average molecular weight is 383 g/mol. The quantitative estimate of drug-likeness (QED) is 0.510. The van der Waals surface area contributed by atoms with Crippen molar-refractivity contribution in [2.75, 3.05) is 0 Å². The Hall–Kier alpha value is -0.820. The average Bonchev–Trinajstić information content (AvgIpc) is 2.99. The largest absolute Gasteiger partial charge is 0.393 e. The molecule has 0 bridgehead atoms. The molecule has 3 saturated carbocycles. The first-order valence-corrected chi connectivity index (χ1v) is 11.9. The molecule has 0 radical (unpaired) electrons. The van der Waals surface area contributed by atoms with Gasteiger partial charge in [-0.1, -0.05) is 48.8 Å². The Morgan fingerprint density at radius 3 is 2.57 bits per heavy atom. The second-order valence-electron chi connectivity index (χ2n) is 11.3. The number of fused-ring (bicyclic) bond motifs is 5. The highest BCUT2D eigenvalue weighted by atomic mass is 16.3. The first-order valence-electron chi connectivity index (χ1n) is 11.9. The minimum absolute atomic E-state index is 0.0887. The van der Waals surface area contributed by atoms with Crippen LogP contribution in [0.25, 0.3) is 0 Å². The van der Waals surface area contributed by atoms with Crippen LogP contribution in [-0.2, 0) is 0 Å². The van der Waals surface area contributed by atoms with E-state index in [1.807, 2.05) is 0 Å². The fourth-order valence-electron chi connectivity index (χ4n) is 8.01. The van der Waals surface area contributed by atoms with Crippen LogP contribution in [0.4, 0.5) is 0 Å². The molecule has 0 aromatic carbocycles. The molecule has 28 heavy (non-hydrogen) atoms. The third kappa shape index (κ3) is 3.26. The Bertz CT molecular complexity index is 693. The highest BCUT2D eigenvalue weighted by Crippen LogP contribution is 2.67. The van der Waals surface area contributed by atoms with Gasteiger partial charge in [-0.3, -0.25) is 0 Å². The normalized spacial score (nSPS) is 45.6. The molecule has 4 aliphatic carbocycles. The molecule has 0 amide bonds. The third-order valence-electron chi connectivity index (χ3n) is 9.59. The van der Waals surface area contributed by atoms with Gasteiger partial charge in [0.15, 0.2) is 0 Å². The van der Waals surface area contributed by atoms with Crippen LogP contribution in [0.15, 0.2) is 34.9 Å². The van der Waals surface area contributed by atoms with Crippen molar-refractivity contribution in [3.05, 3.63) is 34.9 Å². The topological polar surface area (TPSA) is 20.2 Å². The lowest BCUT2D eigenvalue weighted by Crippen LogP contribution is -2.50. The zero-order valence-corrected chi connectivity index (χ0v) is 18.9. The molecular weight excluding hydrogens is 340 g/mol. The Balaban J connectivity index is 1.56. The Morgan fingerprint density at radius 1 is 1.04 bits per heavy atom. The third-order valence-corrected chi connectivity index (χ3v) is 9.59. The molecule has 0 spiro atoms. The van der Waals surface area contributed by atoms with Gasteiger partial charge >= 0.3 is 0 Å². The number of rotatable bonds is 3. The number of aliphatic hydroxyl groups excluding tert-OH is 1. The van der Waals surface area contributed by atoms with Crippen LogP contribution in [0.3, 0.4) is 0 Å². The van der Waals surface area contributed by atoms with Gasteiger partial charge in [0.2, 0.25) is 0 Å². The summed E-state index contributed by atoms with van der Waals surface area (Å²) in [5, 5.41) is 10.2. The van der Waals surface area contributed by atoms with Gasteiger partial charge in [-0.25, -0.2) is 0 Å². The van der Waals surface area contributed by atoms with E-state index < -0.39 is 0 Å². The van der Waals surface area contributed by atoms with Gasteiger partial charge < -0.3 is 5.11 Å². The Kier molecular flexibility index (Phi) is 5.45. The molecule has 1 nitrogen and oxygen atoms in total. The summed E-state index contributed by atoms with van der Waals surface area (Å²) >= 11 is 0. The van der Waals surface area contributed by atoms with E-state index in [0.717, 1.165) is 42.9 Å². The van der Waals surface area contributed by atoms with Crippen molar-refractivity contribution >= 4 is 0 Å². The second-order valence-corrected chi connectivity index (χ2v) is 11.3. The molecule has 0 aliphatic heterocycles. The summed E-state index contributed by atoms with van der Waals surface area (Å²) in [5.41, 5.74) is 5.55. The second kappa shape index (κ2) is 7.46. The van der Waals surface area contributed by atoms with Crippen molar-refractivity contribution in [3.63, 3.8) is 0 Å². The maximum atomic E-state index is 10.2. The molecule has 3 fully saturated rings. The molecule has 0 aromatic heterocycles. The summed E-state index contributed by atoms with van der Waals surface area (Å²) < 4.78 is 0. The van der Waals surface area contributed by atoms with E-state index in [9.17, 15) is 5.11 Å². The molecule has 0 aromatic rings. The zero-order valence-electron chi connectivity index (χ0n) is 18.9. The highest BCUT2D eigenvalue weighted by Gasteiger charge is 2.58. The van der Waals surface area contributed by atoms with Gasteiger partial charge in [0.1, 0.15) is 0 Å². The molecule has 1 heteroatoms. The molecule has 0 heterocycles. The lowest BCUT2D eigenvalue weighted by Gasteiger charge is -2.58. The molecule has 1 N–H and O–H groups in total. The van der Waals surface area contributed by atoms with Crippen LogP contribution in [0.5, 0.6) is 0 Å². The molecule has 0 saturated heterocycles. The van der Waals surface area contributed by atoms with Crippen LogP contribution in [0, 0.1) is 34.5 Å². The van der Waals surface area contributed by atoms with Gasteiger partial charge in [-0.05, 0) is 113 Å². The van der Waals surface area contributed by atoms with E-state index in [-0.39, 0.29) is 6.10 Å². The summed E-state index contributed by atoms with van der Waals surface area (Å²) in [6.45, 7) is 12.0. The maximum Gasteiger partial charge on any atom is 0.0577 e. The van der Waals surface area contributed by atoms with Crippen molar-refractivity contribution in [3.8, 4) is 0 Å². The standard InChI is InChI=1S/C27H42O/c1-18(2)7-6-8-19(3)23-11-12-24-22-10-9-20-17-21(28)13-15-26(20,4)25(22)14-16-27(23,24)5/h7-9,21-25,28H,6,10-17H2,1-5H3/b19-8+/t21-,22-,23+,24-,25-,26-,27+/m0/s1. The number of allylic oxidation sites excluding steroid dienone is 5. The number of aliphatic hydroxyl groups is 1. The lowest BCUT2D eigenvalue weighted by molar-refractivity contribution is -0.0454. The number of hydrogen-bond acceptors (Lipinski definition) is 1. The van der Waals surface area contributed by atoms with Crippen molar-refractivity contribution in [2.24, 2.45) is 34.5 Å². The van der Waals surface area contributed by atoms with Crippen LogP contribution in [0.1, 0.15) is 92.4 Å². The van der Waals surface area contributed by atoms with E-state index in [2.05, 4.69) is 52.8 Å². The summed E-state index contributed by atoms with van der Waals surface area (Å²) in [4.78, 5) is 0. The first kappa shape index (κ1) is 20.5. The van der Waals surface area contributed by atoms with Crippen LogP contribution >= 0.6 is 0 Å². The first-order chi connectivity index (χ1) is 13.3. The molecule has 4 aliphatic rings. The molecule has 7 atom stereocenters. The van der Waals surface area contributed by atoms with Gasteiger partial charge in [0.05, 0.1) is 6.10 Å². The Morgan fingerprint density at radius 2 is 1.82 bits per heavy atom. The molecule has 0 unspecified atom stereocenters. The van der Waals surface area contributed by atoms with Crippen molar-refractivity contribution in [1.82, 2.24) is 0 Å².